The second-order valence-corrected chi connectivity index (χ2v) is 9.15. The standard InChI is InChI=1S/C21H27BN4O4S/c1-8-27-31-28-16-10-14(22-29-20(3,4)21(5,6)30-22)12-23-17(16)19-25-15-9-13(2)11-24-18(15)26(19)7/h9-12H,8H2,1-7H3. The first-order valence-electron chi connectivity index (χ1n) is 10.2. The van der Waals surface area contributed by atoms with Crippen molar-refractivity contribution in [2.24, 2.45) is 7.05 Å². The molecule has 0 saturated carbocycles. The van der Waals surface area contributed by atoms with Gasteiger partial charge < -0.3 is 18.1 Å². The Morgan fingerprint density at radius 3 is 2.48 bits per heavy atom. The van der Waals surface area contributed by atoms with Crippen LogP contribution in [0.2, 0.25) is 0 Å². The SMILES string of the molecule is CCOSOc1cc(B2OC(C)(C)C(C)(C)O2)cnc1-c1nc2cc(C)cnc2n1C. The minimum Gasteiger partial charge on any atom is -0.399 e. The van der Waals surface area contributed by atoms with Crippen molar-refractivity contribution in [1.82, 2.24) is 19.5 Å². The fourth-order valence-corrected chi connectivity index (χ4v) is 3.64. The monoisotopic (exact) mass is 442 g/mol. The molecule has 10 heteroatoms. The molecule has 164 valence electrons. The summed E-state index contributed by atoms with van der Waals surface area (Å²) in [5.74, 6) is 1.17. The number of aromatic nitrogens is 4. The van der Waals surface area contributed by atoms with Gasteiger partial charge in [-0.15, -0.1) is 0 Å². The third kappa shape index (κ3) is 4.05. The van der Waals surface area contributed by atoms with E-state index in [1.54, 1.807) is 6.20 Å². The van der Waals surface area contributed by atoms with E-state index >= 15 is 0 Å². The van der Waals surface area contributed by atoms with E-state index in [9.17, 15) is 0 Å². The highest BCUT2D eigenvalue weighted by molar-refractivity contribution is 7.90. The maximum atomic E-state index is 6.17. The summed E-state index contributed by atoms with van der Waals surface area (Å²) in [6.07, 6.45) is 3.57. The largest absolute Gasteiger partial charge is 0.496 e. The molecule has 0 N–H and O–H groups in total. The Morgan fingerprint density at radius 2 is 1.81 bits per heavy atom. The van der Waals surface area contributed by atoms with Gasteiger partial charge in [-0.05, 0) is 59.2 Å². The van der Waals surface area contributed by atoms with Crippen LogP contribution in [0.15, 0.2) is 24.5 Å². The van der Waals surface area contributed by atoms with Gasteiger partial charge in [-0.2, -0.15) is 0 Å². The van der Waals surface area contributed by atoms with Gasteiger partial charge in [0.05, 0.1) is 17.8 Å². The minimum atomic E-state index is -0.546. The highest BCUT2D eigenvalue weighted by Crippen LogP contribution is 2.37. The zero-order chi connectivity index (χ0) is 22.4. The molecule has 3 aromatic heterocycles. The highest BCUT2D eigenvalue weighted by Gasteiger charge is 2.52. The fourth-order valence-electron chi connectivity index (χ4n) is 3.30. The van der Waals surface area contributed by atoms with Crippen molar-refractivity contribution < 1.29 is 17.7 Å². The van der Waals surface area contributed by atoms with Crippen LogP contribution in [-0.2, 0) is 20.5 Å². The summed E-state index contributed by atoms with van der Waals surface area (Å²) < 4.78 is 25.4. The quantitative estimate of drug-likeness (QED) is 0.325. The van der Waals surface area contributed by atoms with Crippen LogP contribution in [0.5, 0.6) is 5.75 Å². The van der Waals surface area contributed by atoms with Crippen molar-refractivity contribution >= 4 is 36.1 Å². The first-order chi connectivity index (χ1) is 14.6. The molecule has 0 spiro atoms. The van der Waals surface area contributed by atoms with E-state index in [-0.39, 0.29) is 0 Å². The molecule has 4 rings (SSSR count). The predicted molar refractivity (Wildman–Crippen MR) is 122 cm³/mol. The Balaban J connectivity index is 1.76. The summed E-state index contributed by atoms with van der Waals surface area (Å²) in [5.41, 5.74) is 3.09. The number of hydrogen-bond acceptors (Lipinski definition) is 8. The summed E-state index contributed by atoms with van der Waals surface area (Å²) in [6.45, 7) is 12.5. The van der Waals surface area contributed by atoms with E-state index in [2.05, 4.69) is 9.97 Å². The fraction of sp³-hybridized carbons (Fsp3) is 0.476. The molecule has 8 nitrogen and oxygen atoms in total. The molecule has 4 heterocycles. The second kappa shape index (κ2) is 8.09. The zero-order valence-corrected chi connectivity index (χ0v) is 19.7. The van der Waals surface area contributed by atoms with Crippen molar-refractivity contribution in [3.05, 3.63) is 30.1 Å². The Labute approximate surface area is 187 Å². The van der Waals surface area contributed by atoms with Gasteiger partial charge in [-0.3, -0.25) is 4.18 Å². The molecule has 0 amide bonds. The van der Waals surface area contributed by atoms with Crippen molar-refractivity contribution in [2.45, 2.75) is 52.7 Å². The second-order valence-electron chi connectivity index (χ2n) is 8.61. The molecule has 1 aliphatic rings. The highest BCUT2D eigenvalue weighted by atomic mass is 32.2. The topological polar surface area (TPSA) is 80.5 Å². The molecule has 1 saturated heterocycles. The van der Waals surface area contributed by atoms with Crippen molar-refractivity contribution in [3.63, 3.8) is 0 Å². The maximum absolute atomic E-state index is 6.17. The molecule has 0 unspecified atom stereocenters. The van der Waals surface area contributed by atoms with Crippen LogP contribution in [0.1, 0.15) is 40.2 Å². The van der Waals surface area contributed by atoms with Gasteiger partial charge in [0.15, 0.2) is 17.2 Å². The Kier molecular flexibility index (Phi) is 5.76. The Bertz CT molecular complexity index is 1100. The third-order valence-corrected chi connectivity index (χ3v) is 6.33. The van der Waals surface area contributed by atoms with Gasteiger partial charge in [0.25, 0.3) is 0 Å². The summed E-state index contributed by atoms with van der Waals surface area (Å²) >= 11 is 0.907. The van der Waals surface area contributed by atoms with E-state index in [1.165, 1.54) is 0 Å². The van der Waals surface area contributed by atoms with Gasteiger partial charge >= 0.3 is 7.12 Å². The van der Waals surface area contributed by atoms with Crippen LogP contribution < -0.4 is 9.65 Å². The van der Waals surface area contributed by atoms with Crippen LogP contribution in [-0.4, -0.2) is 44.4 Å². The van der Waals surface area contributed by atoms with Crippen LogP contribution in [0, 0.1) is 6.92 Å². The molecule has 0 radical (unpaired) electrons. The number of nitrogens with zero attached hydrogens (tertiary/aromatic N) is 4. The normalized spacial score (nSPS) is 17.5. The lowest BCUT2D eigenvalue weighted by Gasteiger charge is -2.32. The zero-order valence-electron chi connectivity index (χ0n) is 18.9. The lowest BCUT2D eigenvalue weighted by molar-refractivity contribution is 0.00578. The smallest absolute Gasteiger partial charge is 0.399 e. The van der Waals surface area contributed by atoms with Crippen LogP contribution in [0.3, 0.4) is 0 Å². The van der Waals surface area contributed by atoms with Crippen molar-refractivity contribution in [2.75, 3.05) is 6.61 Å². The molecular formula is C21H27BN4O4S. The Morgan fingerprint density at radius 1 is 1.10 bits per heavy atom. The van der Waals surface area contributed by atoms with Gasteiger partial charge in [0, 0.05) is 24.9 Å². The molecule has 1 fully saturated rings. The molecular weight excluding hydrogens is 415 g/mol. The van der Waals surface area contributed by atoms with Crippen molar-refractivity contribution in [3.8, 4) is 17.3 Å². The average Bonchev–Trinajstić information content (AvgIpc) is 3.13. The molecule has 0 bridgehead atoms. The van der Waals surface area contributed by atoms with E-state index in [0.717, 1.165) is 34.5 Å². The number of rotatable bonds is 6. The van der Waals surface area contributed by atoms with Gasteiger partial charge in [-0.25, -0.2) is 15.0 Å². The molecule has 0 aliphatic carbocycles. The predicted octanol–water partition coefficient (Wildman–Crippen LogP) is 3.62. The van der Waals surface area contributed by atoms with E-state index < -0.39 is 18.3 Å². The number of imidazole rings is 1. The summed E-state index contributed by atoms with van der Waals surface area (Å²) in [4.78, 5) is 13.9. The van der Waals surface area contributed by atoms with Crippen molar-refractivity contribution in [1.29, 1.82) is 0 Å². The van der Waals surface area contributed by atoms with Gasteiger partial charge in [0.1, 0.15) is 11.2 Å². The first kappa shape index (κ1) is 22.1. The van der Waals surface area contributed by atoms with E-state index in [1.807, 2.05) is 71.5 Å². The lowest BCUT2D eigenvalue weighted by atomic mass is 9.80. The molecule has 31 heavy (non-hydrogen) atoms. The number of pyridine rings is 2. The lowest BCUT2D eigenvalue weighted by Crippen LogP contribution is -2.41. The number of hydrogen-bond donors (Lipinski definition) is 0. The van der Waals surface area contributed by atoms with E-state index in [4.69, 9.17) is 22.7 Å². The number of fused-ring (bicyclic) bond motifs is 1. The molecule has 3 aromatic rings. The summed E-state index contributed by atoms with van der Waals surface area (Å²) in [6, 6.07) is 3.87. The van der Waals surface area contributed by atoms with Gasteiger partial charge in [-0.1, -0.05) is 0 Å². The van der Waals surface area contributed by atoms with Crippen LogP contribution in [0.4, 0.5) is 0 Å². The maximum Gasteiger partial charge on any atom is 0.496 e. The summed E-state index contributed by atoms with van der Waals surface area (Å²) in [5, 5.41) is 0. The summed E-state index contributed by atoms with van der Waals surface area (Å²) in [7, 11) is 1.37. The number of aryl methyl sites for hydroxylation is 2. The van der Waals surface area contributed by atoms with Crippen LogP contribution in [0.25, 0.3) is 22.7 Å². The molecule has 1 aliphatic heterocycles. The van der Waals surface area contributed by atoms with Crippen LogP contribution >= 0.6 is 12.3 Å². The van der Waals surface area contributed by atoms with Gasteiger partial charge in [0.2, 0.25) is 12.3 Å². The first-order valence-corrected chi connectivity index (χ1v) is 10.9. The van der Waals surface area contributed by atoms with E-state index in [0.29, 0.717) is 23.9 Å². The Hall–Kier alpha value is -2.14. The molecule has 0 aromatic carbocycles. The third-order valence-electron chi connectivity index (χ3n) is 5.75. The minimum absolute atomic E-state index is 0.446. The average molecular weight is 442 g/mol. The molecule has 0 atom stereocenters.